The van der Waals surface area contributed by atoms with E-state index < -0.39 is 6.10 Å². The molecule has 1 aliphatic rings. The molecule has 3 heteroatoms. The van der Waals surface area contributed by atoms with Crippen LogP contribution in [0.15, 0.2) is 30.3 Å². The lowest BCUT2D eigenvalue weighted by Gasteiger charge is -2.25. The van der Waals surface area contributed by atoms with Gasteiger partial charge in [-0.05, 0) is 31.2 Å². The first-order valence-corrected chi connectivity index (χ1v) is 8.14. The van der Waals surface area contributed by atoms with E-state index in [1.165, 1.54) is 6.42 Å². The molecule has 1 N–H and O–H groups in total. The van der Waals surface area contributed by atoms with Gasteiger partial charge in [-0.25, -0.2) is 0 Å². The smallest absolute Gasteiger partial charge is 0.169 e. The first-order chi connectivity index (χ1) is 10.3. The number of aliphatic hydroxyl groups is 1. The van der Waals surface area contributed by atoms with Crippen molar-refractivity contribution in [2.75, 3.05) is 13.2 Å². The number of unbranched alkanes of at least 4 members (excludes halogenated alkanes) is 1. The van der Waals surface area contributed by atoms with Crippen molar-refractivity contribution in [3.63, 3.8) is 0 Å². The number of rotatable bonds is 8. The van der Waals surface area contributed by atoms with E-state index >= 15 is 0 Å². The Morgan fingerprint density at radius 3 is 2.52 bits per heavy atom. The van der Waals surface area contributed by atoms with Gasteiger partial charge in [0, 0.05) is 19.1 Å². The van der Waals surface area contributed by atoms with Gasteiger partial charge in [0.05, 0.1) is 0 Å². The van der Waals surface area contributed by atoms with Crippen molar-refractivity contribution in [3.05, 3.63) is 35.9 Å². The summed E-state index contributed by atoms with van der Waals surface area (Å²) in [5, 5.41) is 8.84. The van der Waals surface area contributed by atoms with Gasteiger partial charge in [0.25, 0.3) is 0 Å². The van der Waals surface area contributed by atoms with Crippen molar-refractivity contribution < 1.29 is 14.6 Å². The van der Waals surface area contributed by atoms with Crippen molar-refractivity contribution in [2.45, 2.75) is 51.0 Å². The van der Waals surface area contributed by atoms with Crippen molar-refractivity contribution >= 4 is 5.78 Å². The molecule has 116 valence electrons. The van der Waals surface area contributed by atoms with E-state index in [0.717, 1.165) is 44.1 Å². The number of ether oxygens (including phenoxy) is 1. The van der Waals surface area contributed by atoms with Crippen LogP contribution in [-0.2, 0) is 9.53 Å². The summed E-state index contributed by atoms with van der Waals surface area (Å²) in [5.41, 5.74) is 0.956. The van der Waals surface area contributed by atoms with Crippen LogP contribution in [0, 0.1) is 5.92 Å². The predicted molar refractivity (Wildman–Crippen MR) is 83.0 cm³/mol. The molecule has 0 radical (unpaired) electrons. The van der Waals surface area contributed by atoms with Crippen LogP contribution >= 0.6 is 0 Å². The lowest BCUT2D eigenvalue weighted by Crippen LogP contribution is -2.26. The summed E-state index contributed by atoms with van der Waals surface area (Å²) < 4.78 is 5.88. The highest BCUT2D eigenvalue weighted by molar-refractivity contribution is 5.86. The molecule has 0 bridgehead atoms. The van der Waals surface area contributed by atoms with Gasteiger partial charge >= 0.3 is 0 Å². The molecule has 0 amide bonds. The molecule has 0 heterocycles. The standard InChI is InChI=1S/C18H26O3/c19-13-7-8-14-21-18(16-11-5-2-6-12-16)17(20)15-9-3-1-4-10-15/h2,5-6,11-12,15,18-19H,1,3-4,7-10,13-14H2. The molecule has 2 rings (SSSR count). The van der Waals surface area contributed by atoms with Gasteiger partial charge in [0.15, 0.2) is 5.78 Å². The molecule has 1 saturated carbocycles. The number of carbonyl (C=O) groups is 1. The van der Waals surface area contributed by atoms with Gasteiger partial charge in [0.2, 0.25) is 0 Å². The van der Waals surface area contributed by atoms with Crippen LogP contribution in [0.3, 0.4) is 0 Å². The second kappa shape index (κ2) is 8.96. The maximum Gasteiger partial charge on any atom is 0.169 e. The quantitative estimate of drug-likeness (QED) is 0.743. The third-order valence-electron chi connectivity index (χ3n) is 4.21. The van der Waals surface area contributed by atoms with E-state index in [1.807, 2.05) is 30.3 Å². The third-order valence-corrected chi connectivity index (χ3v) is 4.21. The molecule has 0 saturated heterocycles. The number of benzene rings is 1. The van der Waals surface area contributed by atoms with Crippen LogP contribution in [0.2, 0.25) is 0 Å². The molecular weight excluding hydrogens is 264 g/mol. The molecule has 0 aliphatic heterocycles. The zero-order chi connectivity index (χ0) is 14.9. The Morgan fingerprint density at radius 2 is 1.86 bits per heavy atom. The highest BCUT2D eigenvalue weighted by atomic mass is 16.5. The van der Waals surface area contributed by atoms with E-state index in [2.05, 4.69) is 0 Å². The number of hydrogen-bond donors (Lipinski definition) is 1. The highest BCUT2D eigenvalue weighted by Crippen LogP contribution is 2.31. The van der Waals surface area contributed by atoms with E-state index in [1.54, 1.807) is 0 Å². The largest absolute Gasteiger partial charge is 0.396 e. The Hall–Kier alpha value is -1.19. The second-order valence-corrected chi connectivity index (χ2v) is 5.83. The van der Waals surface area contributed by atoms with E-state index in [0.29, 0.717) is 6.61 Å². The monoisotopic (exact) mass is 290 g/mol. The minimum absolute atomic E-state index is 0.154. The Kier molecular flexibility index (Phi) is 6.90. The van der Waals surface area contributed by atoms with E-state index in [9.17, 15) is 4.79 Å². The van der Waals surface area contributed by atoms with Gasteiger partial charge in [-0.15, -0.1) is 0 Å². The van der Waals surface area contributed by atoms with Crippen LogP contribution < -0.4 is 0 Å². The molecular formula is C18H26O3. The second-order valence-electron chi connectivity index (χ2n) is 5.83. The Balaban J connectivity index is 2.01. The zero-order valence-corrected chi connectivity index (χ0v) is 12.7. The van der Waals surface area contributed by atoms with Crippen molar-refractivity contribution in [1.29, 1.82) is 0 Å². The molecule has 1 aromatic rings. The molecule has 3 nitrogen and oxygen atoms in total. The van der Waals surface area contributed by atoms with Crippen LogP contribution in [0.25, 0.3) is 0 Å². The Labute approximate surface area is 127 Å². The number of carbonyl (C=O) groups excluding carboxylic acids is 1. The van der Waals surface area contributed by atoms with Gasteiger partial charge < -0.3 is 9.84 Å². The number of Topliss-reactive ketones (excluding diaryl/α,β-unsaturated/α-hetero) is 1. The topological polar surface area (TPSA) is 46.5 Å². The first-order valence-electron chi connectivity index (χ1n) is 8.14. The van der Waals surface area contributed by atoms with Crippen LogP contribution in [0.4, 0.5) is 0 Å². The fraction of sp³-hybridized carbons (Fsp3) is 0.611. The molecule has 0 aromatic heterocycles. The van der Waals surface area contributed by atoms with Gasteiger partial charge in [-0.3, -0.25) is 4.79 Å². The summed E-state index contributed by atoms with van der Waals surface area (Å²) in [6, 6.07) is 9.80. The summed E-state index contributed by atoms with van der Waals surface area (Å²) in [4.78, 5) is 12.8. The number of hydrogen-bond acceptors (Lipinski definition) is 3. The molecule has 1 unspecified atom stereocenters. The van der Waals surface area contributed by atoms with E-state index in [-0.39, 0.29) is 18.3 Å². The van der Waals surface area contributed by atoms with Crippen molar-refractivity contribution in [2.24, 2.45) is 5.92 Å². The maximum absolute atomic E-state index is 12.8. The molecule has 1 fully saturated rings. The third kappa shape index (κ3) is 4.94. The zero-order valence-electron chi connectivity index (χ0n) is 12.7. The summed E-state index contributed by atoms with van der Waals surface area (Å²) in [6.07, 6.45) is 6.64. The minimum atomic E-state index is -0.437. The average molecular weight is 290 g/mol. The van der Waals surface area contributed by atoms with E-state index in [4.69, 9.17) is 9.84 Å². The normalized spacial score (nSPS) is 17.6. The highest BCUT2D eigenvalue weighted by Gasteiger charge is 2.29. The average Bonchev–Trinajstić information content (AvgIpc) is 2.56. The molecule has 1 aromatic carbocycles. The molecule has 1 atom stereocenters. The molecule has 1 aliphatic carbocycles. The SMILES string of the molecule is O=C(C1CCCCC1)C(OCCCCO)c1ccccc1. The Morgan fingerprint density at radius 1 is 1.14 bits per heavy atom. The summed E-state index contributed by atoms with van der Waals surface area (Å²) >= 11 is 0. The van der Waals surface area contributed by atoms with Gasteiger partial charge in [-0.2, -0.15) is 0 Å². The summed E-state index contributed by atoms with van der Waals surface area (Å²) in [6.45, 7) is 0.703. The lowest BCUT2D eigenvalue weighted by molar-refractivity contribution is -0.136. The number of ketones is 1. The summed E-state index contributed by atoms with van der Waals surface area (Å²) in [5.74, 6) is 0.395. The molecule has 21 heavy (non-hydrogen) atoms. The van der Waals surface area contributed by atoms with Crippen molar-refractivity contribution in [1.82, 2.24) is 0 Å². The van der Waals surface area contributed by atoms with Crippen LogP contribution in [-0.4, -0.2) is 24.1 Å². The van der Waals surface area contributed by atoms with Gasteiger partial charge in [-0.1, -0.05) is 49.6 Å². The van der Waals surface area contributed by atoms with Crippen molar-refractivity contribution in [3.8, 4) is 0 Å². The number of aliphatic hydroxyl groups excluding tert-OH is 1. The van der Waals surface area contributed by atoms with Crippen LogP contribution in [0.1, 0.15) is 56.6 Å². The fourth-order valence-corrected chi connectivity index (χ4v) is 2.99. The predicted octanol–water partition coefficient (Wildman–Crippen LogP) is 3.67. The lowest BCUT2D eigenvalue weighted by atomic mass is 9.83. The van der Waals surface area contributed by atoms with Gasteiger partial charge in [0.1, 0.15) is 6.10 Å². The van der Waals surface area contributed by atoms with Crippen LogP contribution in [0.5, 0.6) is 0 Å². The fourth-order valence-electron chi connectivity index (χ4n) is 2.99. The maximum atomic E-state index is 12.8. The molecule has 0 spiro atoms. The first kappa shape index (κ1) is 16.2. The minimum Gasteiger partial charge on any atom is -0.396 e. The summed E-state index contributed by atoms with van der Waals surface area (Å²) in [7, 11) is 0. The Bertz CT molecular complexity index is 410.